The van der Waals surface area contributed by atoms with E-state index < -0.39 is 17.3 Å². The van der Waals surface area contributed by atoms with Gasteiger partial charge in [-0.1, -0.05) is 23.7 Å². The Balaban J connectivity index is 1.75. The number of anilines is 1. The molecule has 0 amide bonds. The number of halogens is 4. The van der Waals surface area contributed by atoms with Crippen molar-refractivity contribution in [1.82, 2.24) is 15.1 Å². The molecule has 0 bridgehead atoms. The fraction of sp³-hybridized carbons (Fsp3) is 0.353. The van der Waals surface area contributed by atoms with Crippen molar-refractivity contribution in [2.45, 2.75) is 12.7 Å². The van der Waals surface area contributed by atoms with Crippen molar-refractivity contribution in [3.05, 3.63) is 56.5 Å². The Kier molecular flexibility index (Phi) is 5.39. The average molecular weight is 398 g/mol. The van der Waals surface area contributed by atoms with E-state index in [1.807, 2.05) is 9.80 Å². The van der Waals surface area contributed by atoms with Gasteiger partial charge in [0.2, 0.25) is 0 Å². The monoisotopic (exact) mass is 397 g/mol. The number of hydrogen-bond donors (Lipinski definition) is 1. The van der Waals surface area contributed by atoms with Crippen LogP contribution >= 0.6 is 11.6 Å². The van der Waals surface area contributed by atoms with Gasteiger partial charge in [0.25, 0.3) is 5.56 Å². The zero-order valence-electron chi connectivity index (χ0n) is 14.1. The van der Waals surface area contributed by atoms with Crippen LogP contribution < -0.4 is 10.5 Å². The van der Waals surface area contributed by atoms with Crippen molar-refractivity contribution >= 4 is 17.3 Å². The SMILES string of the molecule is N#Cc1cccc(CN2CCN(c3cn[nH]c(=O)c3Cl)CC2)c1C(F)(F)F. The largest absolute Gasteiger partial charge is 0.417 e. The maximum atomic E-state index is 13.4. The van der Waals surface area contributed by atoms with Crippen LogP contribution in [-0.2, 0) is 12.7 Å². The molecule has 1 aromatic heterocycles. The highest BCUT2D eigenvalue weighted by Crippen LogP contribution is 2.35. The van der Waals surface area contributed by atoms with Crippen molar-refractivity contribution in [3.63, 3.8) is 0 Å². The van der Waals surface area contributed by atoms with E-state index in [1.54, 1.807) is 6.07 Å². The van der Waals surface area contributed by atoms with Crippen LogP contribution in [0.5, 0.6) is 0 Å². The third-order valence-corrected chi connectivity index (χ3v) is 4.80. The molecular formula is C17H15ClF3N5O. The molecule has 2 aromatic rings. The van der Waals surface area contributed by atoms with Gasteiger partial charge in [-0.15, -0.1) is 0 Å². The minimum absolute atomic E-state index is 0.0412. The topological polar surface area (TPSA) is 76.0 Å². The fourth-order valence-corrected chi connectivity index (χ4v) is 3.35. The van der Waals surface area contributed by atoms with E-state index >= 15 is 0 Å². The highest BCUT2D eigenvalue weighted by atomic mass is 35.5. The molecule has 0 atom stereocenters. The second kappa shape index (κ2) is 7.58. The first-order valence-corrected chi connectivity index (χ1v) is 8.48. The Morgan fingerprint density at radius 3 is 2.59 bits per heavy atom. The average Bonchev–Trinajstić information content (AvgIpc) is 2.63. The number of aromatic nitrogens is 2. The van der Waals surface area contributed by atoms with Crippen LogP contribution in [0.1, 0.15) is 16.7 Å². The number of nitrogens with zero attached hydrogens (tertiary/aromatic N) is 4. The smallest absolute Gasteiger partial charge is 0.366 e. The summed E-state index contributed by atoms with van der Waals surface area (Å²) in [6.07, 6.45) is -3.13. The number of nitriles is 1. The van der Waals surface area contributed by atoms with Gasteiger partial charge in [0.05, 0.1) is 29.1 Å². The molecule has 142 valence electrons. The van der Waals surface area contributed by atoms with Gasteiger partial charge in [0, 0.05) is 32.7 Å². The zero-order valence-corrected chi connectivity index (χ0v) is 14.8. The molecule has 0 aliphatic carbocycles. The van der Waals surface area contributed by atoms with Crippen LogP contribution in [0, 0.1) is 11.3 Å². The molecule has 0 spiro atoms. The van der Waals surface area contributed by atoms with E-state index in [0.29, 0.717) is 31.9 Å². The Hall–Kier alpha value is -2.57. The number of rotatable bonds is 3. The lowest BCUT2D eigenvalue weighted by Gasteiger charge is -2.36. The Morgan fingerprint density at radius 2 is 1.96 bits per heavy atom. The Morgan fingerprint density at radius 1 is 1.26 bits per heavy atom. The number of aromatic amines is 1. The molecule has 1 aliphatic rings. The molecule has 1 aliphatic heterocycles. The quantitative estimate of drug-likeness (QED) is 0.861. The lowest BCUT2D eigenvalue weighted by molar-refractivity contribution is -0.138. The number of hydrogen-bond acceptors (Lipinski definition) is 5. The summed E-state index contributed by atoms with van der Waals surface area (Å²) >= 11 is 6.00. The first-order valence-electron chi connectivity index (χ1n) is 8.11. The number of H-pyrrole nitrogens is 1. The maximum absolute atomic E-state index is 13.4. The first-order chi connectivity index (χ1) is 12.8. The van der Waals surface area contributed by atoms with Crippen LogP contribution in [0.3, 0.4) is 0 Å². The summed E-state index contributed by atoms with van der Waals surface area (Å²) in [5.41, 5.74) is -1.16. The molecule has 0 radical (unpaired) electrons. The molecule has 2 heterocycles. The minimum atomic E-state index is -4.59. The van der Waals surface area contributed by atoms with Gasteiger partial charge < -0.3 is 4.90 Å². The van der Waals surface area contributed by atoms with Crippen molar-refractivity contribution in [2.24, 2.45) is 0 Å². The zero-order chi connectivity index (χ0) is 19.6. The van der Waals surface area contributed by atoms with Crippen LogP contribution in [0.15, 0.2) is 29.2 Å². The van der Waals surface area contributed by atoms with E-state index in [2.05, 4.69) is 10.2 Å². The van der Waals surface area contributed by atoms with Crippen LogP contribution in [0.4, 0.5) is 18.9 Å². The summed E-state index contributed by atoms with van der Waals surface area (Å²) in [4.78, 5) is 15.3. The van der Waals surface area contributed by atoms with Gasteiger partial charge in [0.1, 0.15) is 5.02 Å². The molecule has 1 fully saturated rings. The summed E-state index contributed by atoms with van der Waals surface area (Å²) in [5.74, 6) is 0. The summed E-state index contributed by atoms with van der Waals surface area (Å²) in [6.45, 7) is 2.03. The van der Waals surface area contributed by atoms with E-state index in [-0.39, 0.29) is 22.7 Å². The van der Waals surface area contributed by atoms with Gasteiger partial charge >= 0.3 is 6.18 Å². The summed E-state index contributed by atoms with van der Waals surface area (Å²) < 4.78 is 40.2. The Labute approximate surface area is 157 Å². The van der Waals surface area contributed by atoms with Crippen molar-refractivity contribution in [3.8, 4) is 6.07 Å². The normalized spacial score (nSPS) is 15.6. The van der Waals surface area contributed by atoms with Crippen LogP contribution in [-0.4, -0.2) is 41.3 Å². The van der Waals surface area contributed by atoms with Gasteiger partial charge in [-0.2, -0.15) is 23.5 Å². The standard InChI is InChI=1S/C17H15ClF3N5O/c18-15-13(9-23-24-16(15)27)26-6-4-25(5-7-26)10-12-3-1-2-11(8-22)14(12)17(19,20)21/h1-3,9H,4-7,10H2,(H,24,27). The number of alkyl halides is 3. The van der Waals surface area contributed by atoms with Crippen molar-refractivity contribution < 1.29 is 13.2 Å². The predicted molar refractivity (Wildman–Crippen MR) is 93.5 cm³/mol. The van der Waals surface area contributed by atoms with Gasteiger partial charge in [0.15, 0.2) is 0 Å². The number of nitrogens with one attached hydrogen (secondary N) is 1. The predicted octanol–water partition coefficient (Wildman–Crippen LogP) is 2.64. The number of benzene rings is 1. The molecule has 3 rings (SSSR count). The lowest BCUT2D eigenvalue weighted by Crippen LogP contribution is -2.46. The fourth-order valence-electron chi connectivity index (χ4n) is 3.14. The maximum Gasteiger partial charge on any atom is 0.417 e. The lowest BCUT2D eigenvalue weighted by atomic mass is 10.0. The van der Waals surface area contributed by atoms with Crippen molar-refractivity contribution in [2.75, 3.05) is 31.1 Å². The van der Waals surface area contributed by atoms with Crippen LogP contribution in [0.25, 0.3) is 0 Å². The molecule has 1 saturated heterocycles. The van der Waals surface area contributed by atoms with Gasteiger partial charge in [-0.05, 0) is 11.6 Å². The van der Waals surface area contributed by atoms with E-state index in [9.17, 15) is 18.0 Å². The van der Waals surface area contributed by atoms with Crippen molar-refractivity contribution in [1.29, 1.82) is 5.26 Å². The first kappa shape index (κ1) is 19.2. The highest BCUT2D eigenvalue weighted by Gasteiger charge is 2.36. The highest BCUT2D eigenvalue weighted by molar-refractivity contribution is 6.33. The molecule has 0 unspecified atom stereocenters. The molecule has 27 heavy (non-hydrogen) atoms. The second-order valence-electron chi connectivity index (χ2n) is 6.11. The third-order valence-electron chi connectivity index (χ3n) is 4.44. The summed E-state index contributed by atoms with van der Waals surface area (Å²) in [5, 5.41) is 15.0. The molecule has 10 heteroatoms. The number of piperazine rings is 1. The van der Waals surface area contributed by atoms with Gasteiger partial charge in [-0.3, -0.25) is 9.69 Å². The second-order valence-corrected chi connectivity index (χ2v) is 6.49. The summed E-state index contributed by atoms with van der Waals surface area (Å²) in [7, 11) is 0. The molecule has 1 N–H and O–H groups in total. The van der Waals surface area contributed by atoms with Gasteiger partial charge in [-0.25, -0.2) is 5.10 Å². The third kappa shape index (κ3) is 4.07. The summed E-state index contributed by atoms with van der Waals surface area (Å²) in [6, 6.07) is 5.65. The van der Waals surface area contributed by atoms with Crippen LogP contribution in [0.2, 0.25) is 5.02 Å². The molecule has 1 aromatic carbocycles. The molecule has 6 nitrogen and oxygen atoms in total. The van der Waals surface area contributed by atoms with E-state index in [4.69, 9.17) is 16.9 Å². The minimum Gasteiger partial charge on any atom is -0.366 e. The molecule has 0 saturated carbocycles. The van der Waals surface area contributed by atoms with E-state index in [0.717, 1.165) is 0 Å². The molecular weight excluding hydrogens is 383 g/mol. The van der Waals surface area contributed by atoms with E-state index in [1.165, 1.54) is 24.4 Å². The Bertz CT molecular complexity index is 929.